The van der Waals surface area contributed by atoms with Gasteiger partial charge in [-0.15, -0.1) is 24.0 Å². The van der Waals surface area contributed by atoms with Crippen molar-refractivity contribution in [1.29, 1.82) is 0 Å². The lowest BCUT2D eigenvalue weighted by atomic mass is 10.2. The van der Waals surface area contributed by atoms with Gasteiger partial charge in [-0.2, -0.15) is 0 Å². The van der Waals surface area contributed by atoms with Gasteiger partial charge in [0.1, 0.15) is 0 Å². The second-order valence-corrected chi connectivity index (χ2v) is 5.90. The fourth-order valence-electron chi connectivity index (χ4n) is 2.17. The van der Waals surface area contributed by atoms with E-state index in [2.05, 4.69) is 43.7 Å². The summed E-state index contributed by atoms with van der Waals surface area (Å²) in [5.41, 5.74) is 2.04. The Morgan fingerprint density at radius 1 is 1.16 bits per heavy atom. The first-order valence-corrected chi connectivity index (χ1v) is 8.48. The Morgan fingerprint density at radius 3 is 2.60 bits per heavy atom. The van der Waals surface area contributed by atoms with Crippen LogP contribution in [0.1, 0.15) is 12.5 Å². The maximum Gasteiger partial charge on any atom is 0.195 e. The average molecular weight is 520 g/mol. The molecule has 0 atom stereocenters. The lowest BCUT2D eigenvalue weighted by molar-refractivity contribution is 0.311. The van der Waals surface area contributed by atoms with Crippen molar-refractivity contribution in [3.05, 3.63) is 52.5 Å². The zero-order valence-electron chi connectivity index (χ0n) is 14.5. The van der Waals surface area contributed by atoms with Crippen LogP contribution in [0.3, 0.4) is 0 Å². The zero-order chi connectivity index (χ0) is 17.4. The number of anilines is 1. The van der Waals surface area contributed by atoms with Gasteiger partial charge in [0.25, 0.3) is 0 Å². The maximum absolute atomic E-state index is 5.60. The van der Waals surface area contributed by atoms with Crippen molar-refractivity contribution in [2.45, 2.75) is 13.5 Å². The fraction of sp³-hybridized carbons (Fsp3) is 0.278. The van der Waals surface area contributed by atoms with Crippen LogP contribution in [0.4, 0.5) is 5.69 Å². The first kappa shape index (κ1) is 21.6. The number of rotatable bonds is 6. The second-order valence-electron chi connectivity index (χ2n) is 4.98. The van der Waals surface area contributed by atoms with Crippen LogP contribution < -0.4 is 20.1 Å². The molecule has 0 aromatic heterocycles. The van der Waals surface area contributed by atoms with Gasteiger partial charge < -0.3 is 20.1 Å². The quantitative estimate of drug-likeness (QED) is 0.331. The minimum Gasteiger partial charge on any atom is -0.493 e. The lowest BCUT2D eigenvalue weighted by Crippen LogP contribution is -2.30. The molecule has 0 aliphatic heterocycles. The molecule has 2 aromatic carbocycles. The molecule has 0 saturated carbocycles. The van der Waals surface area contributed by atoms with Gasteiger partial charge in [0.05, 0.1) is 13.7 Å². The van der Waals surface area contributed by atoms with E-state index in [-0.39, 0.29) is 24.0 Å². The van der Waals surface area contributed by atoms with E-state index in [1.807, 2.05) is 37.3 Å². The number of halogens is 2. The number of hydrogen-bond donors (Lipinski definition) is 2. The molecule has 0 spiro atoms. The summed E-state index contributed by atoms with van der Waals surface area (Å²) in [6, 6.07) is 13.8. The number of nitrogens with zero attached hydrogens (tertiary/aromatic N) is 1. The molecule has 0 aliphatic carbocycles. The average Bonchev–Trinajstić information content (AvgIpc) is 2.59. The van der Waals surface area contributed by atoms with Crippen LogP contribution in [0.5, 0.6) is 11.5 Å². The molecule has 7 heteroatoms. The van der Waals surface area contributed by atoms with Crippen molar-refractivity contribution < 1.29 is 9.47 Å². The zero-order valence-corrected chi connectivity index (χ0v) is 18.4. The summed E-state index contributed by atoms with van der Waals surface area (Å²) in [6.45, 7) is 3.20. The summed E-state index contributed by atoms with van der Waals surface area (Å²) in [4.78, 5) is 4.25. The van der Waals surface area contributed by atoms with Crippen LogP contribution in [0.2, 0.25) is 0 Å². The molecule has 5 nitrogen and oxygen atoms in total. The molecule has 136 valence electrons. The van der Waals surface area contributed by atoms with Crippen LogP contribution >= 0.6 is 39.9 Å². The van der Waals surface area contributed by atoms with Gasteiger partial charge in [0.15, 0.2) is 17.5 Å². The number of ether oxygens (including phenoxy) is 2. The Labute approximate surface area is 174 Å². The molecule has 25 heavy (non-hydrogen) atoms. The van der Waals surface area contributed by atoms with E-state index < -0.39 is 0 Å². The minimum atomic E-state index is 0. The van der Waals surface area contributed by atoms with E-state index in [1.54, 1.807) is 14.2 Å². The largest absolute Gasteiger partial charge is 0.493 e. The number of guanidine groups is 1. The molecule has 0 unspecified atom stereocenters. The van der Waals surface area contributed by atoms with Gasteiger partial charge in [-0.25, -0.2) is 0 Å². The molecule has 0 aliphatic rings. The van der Waals surface area contributed by atoms with Gasteiger partial charge in [-0.1, -0.05) is 28.1 Å². The van der Waals surface area contributed by atoms with E-state index >= 15 is 0 Å². The van der Waals surface area contributed by atoms with Crippen LogP contribution in [0, 0.1) is 0 Å². The Kier molecular flexibility index (Phi) is 9.66. The van der Waals surface area contributed by atoms with Gasteiger partial charge in [-0.3, -0.25) is 4.99 Å². The van der Waals surface area contributed by atoms with Crippen LogP contribution in [-0.2, 0) is 6.54 Å². The van der Waals surface area contributed by atoms with E-state index in [0.29, 0.717) is 30.6 Å². The summed E-state index contributed by atoms with van der Waals surface area (Å²) in [5, 5.41) is 6.54. The first-order chi connectivity index (χ1) is 11.7. The highest BCUT2D eigenvalue weighted by molar-refractivity contribution is 14.0. The second kappa shape index (κ2) is 11.2. The third-order valence-corrected chi connectivity index (χ3v) is 3.79. The molecule has 0 bridgehead atoms. The molecule has 2 aromatic rings. The highest BCUT2D eigenvalue weighted by atomic mass is 127. The minimum absolute atomic E-state index is 0. The molecule has 0 saturated heterocycles. The number of methoxy groups -OCH3 is 1. The Morgan fingerprint density at radius 2 is 1.96 bits per heavy atom. The number of aliphatic imine (C=N–C) groups is 1. The third kappa shape index (κ3) is 6.74. The van der Waals surface area contributed by atoms with Gasteiger partial charge in [-0.05, 0) is 36.8 Å². The molecule has 0 radical (unpaired) electrons. The van der Waals surface area contributed by atoms with E-state index in [9.17, 15) is 0 Å². The van der Waals surface area contributed by atoms with Crippen molar-refractivity contribution in [3.63, 3.8) is 0 Å². The maximum atomic E-state index is 5.60. The van der Waals surface area contributed by atoms with E-state index in [1.165, 1.54) is 0 Å². The predicted molar refractivity (Wildman–Crippen MR) is 118 cm³/mol. The topological polar surface area (TPSA) is 54.9 Å². The molecule has 2 rings (SSSR count). The Hall–Kier alpha value is -1.48. The standard InChI is InChI=1S/C18H22BrN3O2.HI/c1-4-24-17-11-15(8-9-16(17)23-3)22-18(20-2)21-12-13-6-5-7-14(19)10-13;/h5-11H,4,12H2,1-3H3,(H2,20,21,22);1H. The summed E-state index contributed by atoms with van der Waals surface area (Å²) >= 11 is 3.48. The van der Waals surface area contributed by atoms with E-state index in [4.69, 9.17) is 9.47 Å². The van der Waals surface area contributed by atoms with Crippen molar-refractivity contribution in [1.82, 2.24) is 5.32 Å². The molecular weight excluding hydrogens is 497 g/mol. The SMILES string of the molecule is CCOc1cc(NC(=NC)NCc2cccc(Br)c2)ccc1OC.I. The molecule has 0 amide bonds. The Bertz CT molecular complexity index is 710. The van der Waals surface area contributed by atoms with Crippen molar-refractivity contribution in [2.24, 2.45) is 4.99 Å². The summed E-state index contributed by atoms with van der Waals surface area (Å²) in [5.74, 6) is 2.09. The van der Waals surface area contributed by atoms with Crippen LogP contribution in [0.25, 0.3) is 0 Å². The van der Waals surface area contributed by atoms with Crippen molar-refractivity contribution >= 4 is 51.6 Å². The molecule has 0 fully saturated rings. The van der Waals surface area contributed by atoms with Crippen LogP contribution in [0.15, 0.2) is 51.9 Å². The van der Waals surface area contributed by atoms with Crippen LogP contribution in [-0.4, -0.2) is 26.7 Å². The molecular formula is C18H23BrIN3O2. The number of benzene rings is 2. The highest BCUT2D eigenvalue weighted by Crippen LogP contribution is 2.30. The van der Waals surface area contributed by atoms with Crippen molar-refractivity contribution in [3.8, 4) is 11.5 Å². The van der Waals surface area contributed by atoms with Crippen molar-refractivity contribution in [2.75, 3.05) is 26.1 Å². The number of nitrogens with one attached hydrogen (secondary N) is 2. The smallest absolute Gasteiger partial charge is 0.195 e. The monoisotopic (exact) mass is 519 g/mol. The Balaban J connectivity index is 0.00000312. The first-order valence-electron chi connectivity index (χ1n) is 7.69. The fourth-order valence-corrected chi connectivity index (χ4v) is 2.62. The van der Waals surface area contributed by atoms with Gasteiger partial charge >= 0.3 is 0 Å². The molecule has 0 heterocycles. The molecule has 2 N–H and O–H groups in total. The highest BCUT2D eigenvalue weighted by Gasteiger charge is 2.07. The summed E-state index contributed by atoms with van der Waals surface area (Å²) in [6.07, 6.45) is 0. The predicted octanol–water partition coefficient (Wildman–Crippen LogP) is 4.66. The third-order valence-electron chi connectivity index (χ3n) is 3.30. The van der Waals surface area contributed by atoms with Gasteiger partial charge in [0.2, 0.25) is 0 Å². The number of hydrogen-bond acceptors (Lipinski definition) is 3. The van der Waals surface area contributed by atoms with Gasteiger partial charge in [0, 0.05) is 29.8 Å². The summed E-state index contributed by atoms with van der Waals surface area (Å²) < 4.78 is 12.0. The lowest BCUT2D eigenvalue weighted by Gasteiger charge is -2.15. The summed E-state index contributed by atoms with van der Waals surface area (Å²) in [7, 11) is 3.37. The normalized spacial score (nSPS) is 10.6. The van der Waals surface area contributed by atoms with E-state index in [0.717, 1.165) is 15.7 Å².